The summed E-state index contributed by atoms with van der Waals surface area (Å²) in [6.45, 7) is 7.17. The number of carboxylic acids is 1. The van der Waals surface area contributed by atoms with E-state index in [9.17, 15) is 14.7 Å². The fourth-order valence-corrected chi connectivity index (χ4v) is 2.27. The van der Waals surface area contributed by atoms with Crippen LogP contribution in [0, 0.1) is 0 Å². The fraction of sp³-hybridized carbons (Fsp3) is 0.412. The minimum absolute atomic E-state index is 0.0258. The minimum atomic E-state index is -1.06. The number of esters is 1. The van der Waals surface area contributed by atoms with Gasteiger partial charge in [-0.25, -0.2) is 4.79 Å². The van der Waals surface area contributed by atoms with Crippen molar-refractivity contribution in [3.05, 3.63) is 41.5 Å². The molecule has 0 fully saturated rings. The van der Waals surface area contributed by atoms with Crippen LogP contribution >= 0.6 is 0 Å². The van der Waals surface area contributed by atoms with E-state index in [1.165, 1.54) is 6.92 Å². The zero-order valence-electron chi connectivity index (χ0n) is 13.0. The minimum Gasteiger partial charge on any atom is -0.478 e. The van der Waals surface area contributed by atoms with Gasteiger partial charge in [0.2, 0.25) is 0 Å². The second-order valence-corrected chi connectivity index (χ2v) is 5.24. The van der Waals surface area contributed by atoms with Crippen LogP contribution in [0.2, 0.25) is 0 Å². The molecular formula is C17H22O5. The number of rotatable bonds is 8. The topological polar surface area (TPSA) is 83.8 Å². The summed E-state index contributed by atoms with van der Waals surface area (Å²) in [5.74, 6) is -1.26. The molecule has 0 heterocycles. The molecule has 1 atom stereocenters. The van der Waals surface area contributed by atoms with Crippen LogP contribution in [0.15, 0.2) is 24.8 Å². The van der Waals surface area contributed by atoms with E-state index in [2.05, 4.69) is 6.58 Å². The fourth-order valence-electron chi connectivity index (χ4n) is 2.27. The first kappa shape index (κ1) is 17.9. The average molecular weight is 306 g/mol. The van der Waals surface area contributed by atoms with E-state index in [1.807, 2.05) is 6.92 Å². The van der Waals surface area contributed by atoms with Gasteiger partial charge in [-0.05, 0) is 35.4 Å². The highest BCUT2D eigenvalue weighted by molar-refractivity contribution is 6.14. The van der Waals surface area contributed by atoms with E-state index >= 15 is 0 Å². The Labute approximate surface area is 130 Å². The molecule has 0 amide bonds. The largest absolute Gasteiger partial charge is 0.478 e. The Balaban J connectivity index is 2.85. The van der Waals surface area contributed by atoms with Crippen molar-refractivity contribution in [1.82, 2.24) is 0 Å². The Hall–Kier alpha value is -2.14. The standard InChI is InChI=1S/C17H22O5/c1-11(5-4-8-22-13(3)19)16-9-14(12(2)17(20)21)6-7-15(16)10-18/h6-7,9,11,18H,2,4-5,8,10H2,1,3H3,(H,20,21). The first-order valence-corrected chi connectivity index (χ1v) is 7.16. The molecule has 5 nitrogen and oxygen atoms in total. The molecule has 1 rings (SSSR count). The van der Waals surface area contributed by atoms with Crippen LogP contribution in [0.4, 0.5) is 0 Å². The van der Waals surface area contributed by atoms with Crippen molar-refractivity contribution in [2.24, 2.45) is 0 Å². The van der Waals surface area contributed by atoms with Crippen molar-refractivity contribution in [3.8, 4) is 0 Å². The van der Waals surface area contributed by atoms with Crippen molar-refractivity contribution < 1.29 is 24.5 Å². The molecular weight excluding hydrogens is 284 g/mol. The average Bonchev–Trinajstić information content (AvgIpc) is 2.49. The Morgan fingerprint density at radius 3 is 2.59 bits per heavy atom. The van der Waals surface area contributed by atoms with Crippen molar-refractivity contribution in [2.45, 2.75) is 39.2 Å². The number of carbonyl (C=O) groups excluding carboxylic acids is 1. The van der Waals surface area contributed by atoms with Gasteiger partial charge in [-0.2, -0.15) is 0 Å². The van der Waals surface area contributed by atoms with Gasteiger partial charge in [0.15, 0.2) is 0 Å². The molecule has 0 saturated carbocycles. The number of hydrogen-bond acceptors (Lipinski definition) is 4. The summed E-state index contributed by atoms with van der Waals surface area (Å²) in [5.41, 5.74) is 2.22. The number of carbonyl (C=O) groups is 2. The van der Waals surface area contributed by atoms with Gasteiger partial charge in [0, 0.05) is 6.92 Å². The van der Waals surface area contributed by atoms with Crippen LogP contribution in [-0.2, 0) is 20.9 Å². The number of aliphatic carboxylic acids is 1. The van der Waals surface area contributed by atoms with E-state index in [-0.39, 0.29) is 24.1 Å². The normalized spacial score (nSPS) is 11.8. The maximum atomic E-state index is 11.0. The van der Waals surface area contributed by atoms with Gasteiger partial charge in [0.1, 0.15) is 0 Å². The molecule has 1 aromatic carbocycles. The number of benzene rings is 1. The smallest absolute Gasteiger partial charge is 0.335 e. The van der Waals surface area contributed by atoms with E-state index < -0.39 is 5.97 Å². The zero-order chi connectivity index (χ0) is 16.7. The molecule has 0 bridgehead atoms. The van der Waals surface area contributed by atoms with Crippen LogP contribution in [0.5, 0.6) is 0 Å². The summed E-state index contributed by atoms with van der Waals surface area (Å²) >= 11 is 0. The third-order valence-corrected chi connectivity index (χ3v) is 3.54. The monoisotopic (exact) mass is 306 g/mol. The molecule has 0 aliphatic heterocycles. The molecule has 0 radical (unpaired) electrons. The van der Waals surface area contributed by atoms with Crippen LogP contribution in [0.3, 0.4) is 0 Å². The molecule has 0 aromatic heterocycles. The van der Waals surface area contributed by atoms with E-state index in [4.69, 9.17) is 9.84 Å². The van der Waals surface area contributed by atoms with E-state index in [1.54, 1.807) is 18.2 Å². The lowest BCUT2D eigenvalue weighted by molar-refractivity contribution is -0.141. The van der Waals surface area contributed by atoms with Crippen LogP contribution < -0.4 is 0 Å². The SMILES string of the molecule is C=C(C(=O)O)c1ccc(CO)c(C(C)CCCOC(C)=O)c1. The maximum Gasteiger partial charge on any atom is 0.335 e. The molecule has 0 aliphatic carbocycles. The Morgan fingerprint density at radius 2 is 2.05 bits per heavy atom. The molecule has 0 aliphatic rings. The van der Waals surface area contributed by atoms with Crippen molar-refractivity contribution in [3.63, 3.8) is 0 Å². The second-order valence-electron chi connectivity index (χ2n) is 5.24. The van der Waals surface area contributed by atoms with Gasteiger partial charge >= 0.3 is 11.9 Å². The quantitative estimate of drug-likeness (QED) is 0.438. The summed E-state index contributed by atoms with van der Waals surface area (Å²) in [6, 6.07) is 5.14. The van der Waals surface area contributed by atoms with Gasteiger partial charge in [0.05, 0.1) is 18.8 Å². The van der Waals surface area contributed by atoms with Gasteiger partial charge in [-0.3, -0.25) is 4.79 Å². The van der Waals surface area contributed by atoms with Crippen molar-refractivity contribution >= 4 is 17.5 Å². The van der Waals surface area contributed by atoms with Crippen LogP contribution in [0.25, 0.3) is 5.57 Å². The molecule has 0 saturated heterocycles. The number of hydrogen-bond donors (Lipinski definition) is 2. The number of aliphatic hydroxyl groups is 1. The molecule has 5 heteroatoms. The van der Waals surface area contributed by atoms with Gasteiger partial charge in [-0.15, -0.1) is 0 Å². The molecule has 120 valence electrons. The second kappa shape index (κ2) is 8.34. The predicted octanol–water partition coefficient (Wildman–Crippen LogP) is 2.72. The molecule has 1 unspecified atom stereocenters. The highest BCUT2D eigenvalue weighted by Gasteiger charge is 2.14. The number of aliphatic hydroxyl groups excluding tert-OH is 1. The summed E-state index contributed by atoms with van der Waals surface area (Å²) in [5, 5.41) is 18.5. The molecule has 0 spiro atoms. The summed E-state index contributed by atoms with van der Waals surface area (Å²) in [4.78, 5) is 21.7. The zero-order valence-corrected chi connectivity index (χ0v) is 13.0. The lowest BCUT2D eigenvalue weighted by atomic mass is 9.89. The van der Waals surface area contributed by atoms with E-state index in [0.717, 1.165) is 17.5 Å². The van der Waals surface area contributed by atoms with Gasteiger partial charge < -0.3 is 14.9 Å². The lowest BCUT2D eigenvalue weighted by Gasteiger charge is -2.17. The summed E-state index contributed by atoms with van der Waals surface area (Å²) in [7, 11) is 0. The molecule has 22 heavy (non-hydrogen) atoms. The highest BCUT2D eigenvalue weighted by atomic mass is 16.5. The first-order valence-electron chi connectivity index (χ1n) is 7.16. The van der Waals surface area contributed by atoms with Crippen molar-refractivity contribution in [1.29, 1.82) is 0 Å². The Bertz CT molecular complexity index is 562. The Kier molecular flexibility index (Phi) is 6.79. The van der Waals surface area contributed by atoms with Gasteiger partial charge in [-0.1, -0.05) is 31.7 Å². The summed E-state index contributed by atoms with van der Waals surface area (Å²) in [6.07, 6.45) is 1.47. The first-order chi connectivity index (χ1) is 10.4. The van der Waals surface area contributed by atoms with Gasteiger partial charge in [0.25, 0.3) is 0 Å². The Morgan fingerprint density at radius 1 is 1.36 bits per heavy atom. The molecule has 1 aromatic rings. The highest BCUT2D eigenvalue weighted by Crippen LogP contribution is 2.27. The lowest BCUT2D eigenvalue weighted by Crippen LogP contribution is -2.06. The number of carboxylic acid groups (broad SMARTS) is 1. The third kappa shape index (κ3) is 5.00. The van der Waals surface area contributed by atoms with Crippen LogP contribution in [-0.4, -0.2) is 28.8 Å². The van der Waals surface area contributed by atoms with E-state index in [0.29, 0.717) is 18.6 Å². The summed E-state index contributed by atoms with van der Waals surface area (Å²) < 4.78 is 4.90. The predicted molar refractivity (Wildman–Crippen MR) is 83.3 cm³/mol. The number of ether oxygens (including phenoxy) is 1. The third-order valence-electron chi connectivity index (χ3n) is 3.54. The molecule has 2 N–H and O–H groups in total. The maximum absolute atomic E-state index is 11.0. The van der Waals surface area contributed by atoms with Crippen LogP contribution in [0.1, 0.15) is 49.3 Å². The van der Waals surface area contributed by atoms with Crippen molar-refractivity contribution in [2.75, 3.05) is 6.61 Å².